The molecule has 0 atom stereocenters. The number of fused-ring (bicyclic) bond motifs is 14. The molecule has 0 bridgehead atoms. The summed E-state index contributed by atoms with van der Waals surface area (Å²) in [5.41, 5.74) is 12.7. The van der Waals surface area contributed by atoms with E-state index in [1.54, 1.807) is 0 Å². The smallest absolute Gasteiger partial charge is 0.152 e. The second-order valence-corrected chi connectivity index (χ2v) is 17.5. The summed E-state index contributed by atoms with van der Waals surface area (Å²) in [6.45, 7) is 0.931. The van der Waals surface area contributed by atoms with E-state index in [1.807, 2.05) is 0 Å². The topological polar surface area (TPSA) is 58.4 Å². The van der Waals surface area contributed by atoms with E-state index in [9.17, 15) is 0 Å². The molecular weight excluding hydrogens is 819 g/mol. The van der Waals surface area contributed by atoms with Crippen molar-refractivity contribution >= 4 is 87.2 Å². The number of hydrogen-bond acceptors (Lipinski definition) is 3. The monoisotopic (exact) mass is 859 g/mol. The molecule has 0 N–H and O–H groups in total. The van der Waals surface area contributed by atoms with Crippen molar-refractivity contribution in [1.82, 2.24) is 33.2 Å². The molecule has 0 saturated heterocycles. The molecule has 316 valence electrons. The van der Waals surface area contributed by atoms with Crippen molar-refractivity contribution in [3.05, 3.63) is 235 Å². The van der Waals surface area contributed by atoms with Crippen LogP contribution in [-0.4, -0.2) is 33.2 Å². The summed E-state index contributed by atoms with van der Waals surface area (Å²) < 4.78 is 9.68. The summed E-state index contributed by atoms with van der Waals surface area (Å²) in [6, 6.07) is 76.2. The number of nitrogens with zero attached hydrogens (tertiary/aromatic N) is 7. The van der Waals surface area contributed by atoms with Gasteiger partial charge in [0.05, 0.1) is 46.2 Å². The second-order valence-electron chi connectivity index (χ2n) is 17.5. The molecule has 0 aliphatic carbocycles. The van der Waals surface area contributed by atoms with Gasteiger partial charge in [-0.3, -0.25) is 0 Å². The lowest BCUT2D eigenvalue weighted by molar-refractivity contribution is 0.700. The van der Waals surface area contributed by atoms with E-state index in [-0.39, 0.29) is 0 Å². The van der Waals surface area contributed by atoms with Crippen molar-refractivity contribution in [2.45, 2.75) is 19.5 Å². The van der Waals surface area contributed by atoms with Crippen LogP contribution in [0.25, 0.3) is 98.6 Å². The normalized spacial score (nSPS) is 12.1. The van der Waals surface area contributed by atoms with Gasteiger partial charge in [-0.25, -0.2) is 15.0 Å². The first-order valence-electron chi connectivity index (χ1n) is 23.0. The quantitative estimate of drug-likeness (QED) is 0.153. The fraction of sp³-hybridized carbons (Fsp3) is 0.0500. The number of benzene rings is 9. The zero-order valence-corrected chi connectivity index (χ0v) is 36.5. The van der Waals surface area contributed by atoms with E-state index in [2.05, 4.69) is 231 Å². The Morgan fingerprint density at radius 2 is 0.657 bits per heavy atom. The van der Waals surface area contributed by atoms with Crippen molar-refractivity contribution in [3.63, 3.8) is 0 Å². The second kappa shape index (κ2) is 14.9. The van der Waals surface area contributed by atoms with Crippen LogP contribution in [0.4, 0.5) is 0 Å². The maximum Gasteiger partial charge on any atom is 0.152 e. The third-order valence-electron chi connectivity index (χ3n) is 13.7. The summed E-state index contributed by atoms with van der Waals surface area (Å²) >= 11 is 0. The Morgan fingerprint density at radius 1 is 0.284 bits per heavy atom. The Hall–Kier alpha value is -8.81. The summed E-state index contributed by atoms with van der Waals surface area (Å²) in [5.74, 6) is 2.22. The lowest BCUT2D eigenvalue weighted by Gasteiger charge is -2.13. The van der Waals surface area contributed by atoms with E-state index >= 15 is 0 Å². The van der Waals surface area contributed by atoms with Gasteiger partial charge >= 0.3 is 0 Å². The predicted octanol–water partition coefficient (Wildman–Crippen LogP) is 14.0. The van der Waals surface area contributed by atoms with Crippen LogP contribution in [0, 0.1) is 0 Å². The minimum Gasteiger partial charge on any atom is -0.332 e. The third-order valence-corrected chi connectivity index (χ3v) is 13.7. The first kappa shape index (κ1) is 37.6. The molecule has 14 rings (SSSR count). The molecule has 67 heavy (non-hydrogen) atoms. The highest BCUT2D eigenvalue weighted by atomic mass is 15.1. The van der Waals surface area contributed by atoms with Gasteiger partial charge in [0, 0.05) is 71.9 Å². The average molecular weight is 860 g/mol. The molecule has 5 heterocycles. The van der Waals surface area contributed by atoms with Crippen LogP contribution in [0.3, 0.4) is 0 Å². The van der Waals surface area contributed by atoms with Gasteiger partial charge in [0.2, 0.25) is 0 Å². The fourth-order valence-corrected chi connectivity index (χ4v) is 11.0. The van der Waals surface area contributed by atoms with Gasteiger partial charge in [-0.05, 0) is 66.2 Å². The van der Waals surface area contributed by atoms with Gasteiger partial charge in [-0.1, -0.05) is 152 Å². The minimum absolute atomic E-state index is 0.466. The molecule has 0 aliphatic heterocycles. The van der Waals surface area contributed by atoms with Gasteiger partial charge in [-0.15, -0.1) is 0 Å². The molecule has 7 heteroatoms. The predicted molar refractivity (Wildman–Crippen MR) is 275 cm³/mol. The van der Waals surface area contributed by atoms with Crippen molar-refractivity contribution < 1.29 is 0 Å². The van der Waals surface area contributed by atoms with E-state index < -0.39 is 0 Å². The highest BCUT2D eigenvalue weighted by Gasteiger charge is 2.23. The lowest BCUT2D eigenvalue weighted by Crippen LogP contribution is -2.14. The Balaban J connectivity index is 1.00. The van der Waals surface area contributed by atoms with Crippen molar-refractivity contribution in [2.75, 3.05) is 0 Å². The Kier molecular flexibility index (Phi) is 8.34. The fourth-order valence-electron chi connectivity index (χ4n) is 11.0. The van der Waals surface area contributed by atoms with Crippen LogP contribution >= 0.6 is 0 Å². The number of rotatable bonds is 8. The van der Waals surface area contributed by atoms with Crippen LogP contribution in [-0.2, 0) is 19.5 Å². The summed E-state index contributed by atoms with van der Waals surface area (Å²) in [5, 5.41) is 9.69. The maximum absolute atomic E-state index is 5.47. The first-order chi connectivity index (χ1) is 33.2. The zero-order chi connectivity index (χ0) is 44.0. The van der Waals surface area contributed by atoms with Crippen LogP contribution in [0.5, 0.6) is 0 Å². The molecule has 0 amide bonds. The van der Waals surface area contributed by atoms with Gasteiger partial charge < -0.3 is 18.3 Å². The number of aromatic nitrogens is 7. The molecule has 0 fully saturated rings. The van der Waals surface area contributed by atoms with E-state index in [1.165, 1.54) is 65.2 Å². The lowest BCUT2D eigenvalue weighted by atomic mass is 10.1. The van der Waals surface area contributed by atoms with Crippen molar-refractivity contribution in [3.8, 4) is 11.4 Å². The van der Waals surface area contributed by atoms with E-state index in [0.717, 1.165) is 56.5 Å². The van der Waals surface area contributed by atoms with Crippen molar-refractivity contribution in [2.24, 2.45) is 0 Å². The van der Waals surface area contributed by atoms with Gasteiger partial charge in [0.25, 0.3) is 0 Å². The Morgan fingerprint density at radius 3 is 1.12 bits per heavy atom. The first-order valence-corrected chi connectivity index (χ1v) is 23.0. The van der Waals surface area contributed by atoms with Gasteiger partial charge in [0.15, 0.2) is 11.6 Å². The van der Waals surface area contributed by atoms with E-state index in [0.29, 0.717) is 19.5 Å². The van der Waals surface area contributed by atoms with Gasteiger partial charge in [0.1, 0.15) is 5.82 Å². The van der Waals surface area contributed by atoms with Crippen LogP contribution < -0.4 is 0 Å². The molecular formula is C60H41N7. The van der Waals surface area contributed by atoms with Crippen LogP contribution in [0.2, 0.25) is 0 Å². The Bertz CT molecular complexity index is 3980. The third kappa shape index (κ3) is 5.81. The highest BCUT2D eigenvalue weighted by molar-refractivity contribution is 6.27. The zero-order valence-electron chi connectivity index (χ0n) is 36.5. The summed E-state index contributed by atoms with van der Waals surface area (Å²) in [6.07, 6.45) is 0.591. The molecule has 9 aromatic carbocycles. The molecule has 14 aromatic rings. The standard InChI is InChI=1S/C60H41N7/c1-4-18-39(19-5-1)36-54-61-55(37-64-48-28-14-10-24-42(48)44-32-34-52-57(59(44)64)46-26-12-16-30-50(46)66(52)40-20-6-2-7-21-40)63-56(62-54)38-65-49-29-15-11-25-43(49)45-33-35-53-58(60(45)65)47-27-13-17-31-51(47)67(53)41-22-8-3-9-23-41/h1-35H,36-38H2. The van der Waals surface area contributed by atoms with Crippen molar-refractivity contribution in [1.29, 1.82) is 0 Å². The highest BCUT2D eigenvalue weighted by Crippen LogP contribution is 2.43. The summed E-state index contributed by atoms with van der Waals surface area (Å²) in [7, 11) is 0. The number of hydrogen-bond donors (Lipinski definition) is 0. The van der Waals surface area contributed by atoms with Crippen LogP contribution in [0.1, 0.15) is 23.0 Å². The van der Waals surface area contributed by atoms with E-state index in [4.69, 9.17) is 15.0 Å². The SMILES string of the molecule is c1ccc(Cc2nc(Cn3c4ccccc4c4ccc5c(c6ccccc6n5-c5ccccc5)c43)nc(Cn3c4ccccc4c4ccc5c(c6ccccc6n5-c5ccccc5)c43)n2)cc1. The Labute approximate surface area is 385 Å². The number of para-hydroxylation sites is 6. The average Bonchev–Trinajstić information content (AvgIpc) is 4.10. The molecule has 0 spiro atoms. The minimum atomic E-state index is 0.466. The molecule has 0 unspecified atom stereocenters. The largest absolute Gasteiger partial charge is 0.332 e. The molecule has 7 nitrogen and oxygen atoms in total. The van der Waals surface area contributed by atoms with Gasteiger partial charge in [-0.2, -0.15) is 0 Å². The molecule has 5 aromatic heterocycles. The molecule has 0 radical (unpaired) electrons. The maximum atomic E-state index is 5.47. The molecule has 0 aliphatic rings. The summed E-state index contributed by atoms with van der Waals surface area (Å²) in [4.78, 5) is 16.1. The van der Waals surface area contributed by atoms with Crippen LogP contribution in [0.15, 0.2) is 212 Å². The molecule has 0 saturated carbocycles.